The Morgan fingerprint density at radius 2 is 0.900 bits per heavy atom. The quantitative estimate of drug-likeness (QED) is 0.138. The molecule has 0 aliphatic rings. The molecule has 50 heavy (non-hydrogen) atoms. The number of benzene rings is 4. The molecule has 6 heteroatoms. The number of nitrogens with zero attached hydrogens (tertiary/aromatic N) is 2. The molecule has 2 atom stereocenters. The van der Waals surface area contributed by atoms with E-state index < -0.39 is 12.1 Å². The smallest absolute Gasteiger partial charge is 0.128 e. The first-order valence-electron chi connectivity index (χ1n) is 17.7. The van der Waals surface area contributed by atoms with E-state index in [1.54, 1.807) is 12.4 Å². The molecule has 4 rings (SSSR count). The van der Waals surface area contributed by atoms with Gasteiger partial charge in [-0.05, 0) is 58.1 Å². The van der Waals surface area contributed by atoms with Crippen LogP contribution >= 0.6 is 0 Å². The zero-order valence-corrected chi connectivity index (χ0v) is 31.6. The summed E-state index contributed by atoms with van der Waals surface area (Å²) in [5.41, 5.74) is 4.03. The minimum atomic E-state index is -0.461. The first kappa shape index (κ1) is 38.2. The van der Waals surface area contributed by atoms with Crippen LogP contribution in [0.4, 0.5) is 0 Å². The van der Waals surface area contributed by atoms with Crippen molar-refractivity contribution in [1.82, 2.24) is 0 Å². The van der Waals surface area contributed by atoms with Crippen molar-refractivity contribution in [1.29, 1.82) is 0 Å². The van der Waals surface area contributed by atoms with Gasteiger partial charge in [0.15, 0.2) is 0 Å². The average Bonchev–Trinajstić information content (AvgIpc) is 3.05. The van der Waals surface area contributed by atoms with Gasteiger partial charge in [-0.1, -0.05) is 130 Å². The lowest BCUT2D eigenvalue weighted by molar-refractivity contribution is 0.270. The summed E-state index contributed by atoms with van der Waals surface area (Å²) in [5, 5.41) is 23.1. The van der Waals surface area contributed by atoms with Gasteiger partial charge in [0.2, 0.25) is 0 Å². The van der Waals surface area contributed by atoms with Crippen LogP contribution in [0, 0.1) is 11.8 Å². The molecule has 266 valence electrons. The Kier molecular flexibility index (Phi) is 12.6. The Balaban J connectivity index is 1.88. The third kappa shape index (κ3) is 10.2. The predicted octanol–water partition coefficient (Wildman–Crippen LogP) is 10.8. The Morgan fingerprint density at radius 1 is 0.560 bits per heavy atom. The molecule has 4 aromatic rings. The van der Waals surface area contributed by atoms with Crippen LogP contribution < -0.4 is 9.47 Å². The zero-order chi connectivity index (χ0) is 36.6. The predicted molar refractivity (Wildman–Crippen MR) is 208 cm³/mol. The second-order valence-electron chi connectivity index (χ2n) is 16.0. The Labute approximate surface area is 300 Å². The van der Waals surface area contributed by atoms with E-state index in [1.165, 1.54) is 0 Å². The van der Waals surface area contributed by atoms with Crippen LogP contribution in [0.5, 0.6) is 23.0 Å². The van der Waals surface area contributed by atoms with Gasteiger partial charge in [0.25, 0.3) is 0 Å². The van der Waals surface area contributed by atoms with Crippen LogP contribution in [-0.4, -0.2) is 35.9 Å². The normalized spacial score (nSPS) is 13.8. The fourth-order valence-corrected chi connectivity index (χ4v) is 5.61. The maximum Gasteiger partial charge on any atom is 0.128 e. The summed E-state index contributed by atoms with van der Waals surface area (Å²) in [4.78, 5) is 10.4. The third-order valence-electron chi connectivity index (χ3n) is 8.34. The van der Waals surface area contributed by atoms with Crippen LogP contribution in [0.15, 0.2) is 94.9 Å². The summed E-state index contributed by atoms with van der Waals surface area (Å²) in [7, 11) is 0. The van der Waals surface area contributed by atoms with Gasteiger partial charge in [-0.2, -0.15) is 0 Å². The van der Waals surface area contributed by atoms with E-state index in [0.29, 0.717) is 47.7 Å². The van der Waals surface area contributed by atoms with E-state index in [4.69, 9.17) is 19.5 Å². The van der Waals surface area contributed by atoms with Crippen molar-refractivity contribution in [3.63, 3.8) is 0 Å². The Bertz CT molecular complexity index is 1620. The summed E-state index contributed by atoms with van der Waals surface area (Å²) in [6, 6.07) is 26.8. The monoisotopic (exact) mass is 676 g/mol. The number of ether oxygens (including phenoxy) is 2. The summed E-state index contributed by atoms with van der Waals surface area (Å²) in [6.45, 7) is 22.0. The van der Waals surface area contributed by atoms with Gasteiger partial charge < -0.3 is 19.7 Å². The number of aliphatic imine (C=N–C) groups is 2. The van der Waals surface area contributed by atoms with Crippen molar-refractivity contribution < 1.29 is 19.7 Å². The fourth-order valence-electron chi connectivity index (χ4n) is 5.61. The number of hydrogen-bond acceptors (Lipinski definition) is 6. The fraction of sp³-hybridized carbons (Fsp3) is 0.409. The molecule has 0 aromatic heterocycles. The molecular weight excluding hydrogens is 620 g/mol. The van der Waals surface area contributed by atoms with Crippen molar-refractivity contribution in [2.75, 3.05) is 13.2 Å². The minimum absolute atomic E-state index is 0.183. The molecule has 0 fully saturated rings. The Morgan fingerprint density at radius 3 is 1.20 bits per heavy atom. The van der Waals surface area contributed by atoms with Crippen molar-refractivity contribution in [2.24, 2.45) is 21.8 Å². The second-order valence-corrected chi connectivity index (χ2v) is 16.0. The van der Waals surface area contributed by atoms with Crippen molar-refractivity contribution >= 4 is 12.4 Å². The highest BCUT2D eigenvalue weighted by molar-refractivity contribution is 5.86. The van der Waals surface area contributed by atoms with Gasteiger partial charge in [0.1, 0.15) is 35.1 Å². The summed E-state index contributed by atoms with van der Waals surface area (Å²) in [6.07, 6.45) is 3.48. The highest BCUT2D eigenvalue weighted by atomic mass is 16.5. The molecule has 6 nitrogen and oxygen atoms in total. The van der Waals surface area contributed by atoms with Gasteiger partial charge in [-0.3, -0.25) is 9.98 Å². The molecule has 0 amide bonds. The van der Waals surface area contributed by atoms with Crippen LogP contribution in [0.2, 0.25) is 0 Å². The van der Waals surface area contributed by atoms with Gasteiger partial charge in [-0.25, -0.2) is 0 Å². The van der Waals surface area contributed by atoms with E-state index in [1.807, 2.05) is 84.9 Å². The minimum Gasteiger partial charge on any atom is -0.507 e. The molecule has 0 saturated heterocycles. The molecule has 0 radical (unpaired) electrons. The average molecular weight is 677 g/mol. The van der Waals surface area contributed by atoms with E-state index in [0.717, 1.165) is 22.3 Å². The standard InChI is InChI=1S/C44H56N2O4/c1-29(2)27-49-35-21-33(41(47)37(23-35)43(5,6)7)25-45-39(31-17-13-11-14-18-31)40(32-19-15-12-16-20-32)46-26-34-22-36(50-28-30(3)4)24-38(42(34)48)44(8,9)10/h11-26,29-30,39-40,47-48H,27-28H2,1-10H3. The van der Waals surface area contributed by atoms with Crippen LogP contribution in [0.1, 0.15) is 115 Å². The lowest BCUT2D eigenvalue weighted by Gasteiger charge is -2.24. The van der Waals surface area contributed by atoms with Crippen molar-refractivity contribution in [3.05, 3.63) is 118 Å². The summed E-state index contributed by atoms with van der Waals surface area (Å²) in [5.74, 6) is 2.47. The first-order valence-corrected chi connectivity index (χ1v) is 17.7. The molecule has 2 N–H and O–H groups in total. The Hall–Kier alpha value is -4.58. The van der Waals surface area contributed by atoms with E-state index in [-0.39, 0.29) is 22.3 Å². The van der Waals surface area contributed by atoms with Gasteiger partial charge >= 0.3 is 0 Å². The maximum atomic E-state index is 11.5. The molecule has 0 heterocycles. The first-order chi connectivity index (χ1) is 23.5. The molecule has 0 aliphatic heterocycles. The number of aromatic hydroxyl groups is 2. The van der Waals surface area contributed by atoms with Gasteiger partial charge in [0.05, 0.1) is 13.2 Å². The largest absolute Gasteiger partial charge is 0.507 e. The maximum absolute atomic E-state index is 11.5. The number of phenols is 2. The molecule has 4 aromatic carbocycles. The molecular formula is C44H56N2O4. The molecule has 2 unspecified atom stereocenters. The van der Waals surface area contributed by atoms with Gasteiger partial charge in [-0.15, -0.1) is 0 Å². The molecule has 0 aliphatic carbocycles. The number of phenolic OH excluding ortho intramolecular Hbond substituents is 2. The van der Waals surface area contributed by atoms with Crippen LogP contribution in [0.25, 0.3) is 0 Å². The topological polar surface area (TPSA) is 83.6 Å². The lowest BCUT2D eigenvalue weighted by Crippen LogP contribution is -2.14. The highest BCUT2D eigenvalue weighted by Gasteiger charge is 2.26. The lowest BCUT2D eigenvalue weighted by atomic mass is 9.85. The number of rotatable bonds is 13. The van der Waals surface area contributed by atoms with E-state index >= 15 is 0 Å². The van der Waals surface area contributed by atoms with E-state index in [2.05, 4.69) is 69.2 Å². The summed E-state index contributed by atoms with van der Waals surface area (Å²) >= 11 is 0. The van der Waals surface area contributed by atoms with Crippen LogP contribution in [-0.2, 0) is 10.8 Å². The van der Waals surface area contributed by atoms with Gasteiger partial charge in [0, 0.05) is 34.7 Å². The van der Waals surface area contributed by atoms with Crippen LogP contribution in [0.3, 0.4) is 0 Å². The molecule has 0 spiro atoms. The zero-order valence-electron chi connectivity index (χ0n) is 31.6. The van der Waals surface area contributed by atoms with Crippen molar-refractivity contribution in [3.8, 4) is 23.0 Å². The molecule has 0 bridgehead atoms. The second kappa shape index (κ2) is 16.4. The number of hydrogen-bond donors (Lipinski definition) is 2. The third-order valence-corrected chi connectivity index (χ3v) is 8.34. The summed E-state index contributed by atoms with van der Waals surface area (Å²) < 4.78 is 12.3. The molecule has 0 saturated carbocycles. The SMILES string of the molecule is CC(C)COc1cc(C=NC(c2ccccc2)C(N=Cc2cc(OCC(C)C)cc(C(C)(C)C)c2O)c2ccccc2)c(O)c(C(C)(C)C)c1. The van der Waals surface area contributed by atoms with E-state index in [9.17, 15) is 10.2 Å². The highest BCUT2D eigenvalue weighted by Crippen LogP contribution is 2.40. The van der Waals surface area contributed by atoms with Crippen molar-refractivity contribution in [2.45, 2.75) is 92.2 Å².